The zero-order valence-corrected chi connectivity index (χ0v) is 13.8. The number of halogens is 3. The van der Waals surface area contributed by atoms with E-state index in [1.54, 1.807) is 24.3 Å². The maximum absolute atomic E-state index is 6.23. The number of rotatable bonds is 5. The molecule has 1 atom stereocenters. The van der Waals surface area contributed by atoms with Gasteiger partial charge in [-0.25, -0.2) is 0 Å². The lowest BCUT2D eigenvalue weighted by atomic mass is 10.1. The Bertz CT molecular complexity index is 609. The Kier molecular flexibility index (Phi) is 5.77. The molecule has 2 rings (SSSR count). The zero-order chi connectivity index (χ0) is 15.4. The standard InChI is InChI=1S/C16H16Cl3NO/c1-10(20)8-11-4-2-7-15(19)16(11)21-9-12-13(17)5-3-6-14(12)18/h2-7,10H,8-9,20H2,1H3. The Morgan fingerprint density at radius 3 is 2.19 bits per heavy atom. The van der Waals surface area contributed by atoms with Gasteiger partial charge < -0.3 is 10.5 Å². The molecule has 0 aromatic heterocycles. The molecule has 0 saturated heterocycles. The van der Waals surface area contributed by atoms with Gasteiger partial charge in [0.25, 0.3) is 0 Å². The molecule has 0 heterocycles. The molecular weight excluding hydrogens is 329 g/mol. The number of hydrogen-bond acceptors (Lipinski definition) is 2. The van der Waals surface area contributed by atoms with Crippen LogP contribution >= 0.6 is 34.8 Å². The van der Waals surface area contributed by atoms with Gasteiger partial charge in [-0.2, -0.15) is 0 Å². The molecule has 2 nitrogen and oxygen atoms in total. The molecule has 0 aliphatic rings. The van der Waals surface area contributed by atoms with Gasteiger partial charge in [0.1, 0.15) is 12.4 Å². The first-order chi connectivity index (χ1) is 9.99. The summed E-state index contributed by atoms with van der Waals surface area (Å²) in [5.41, 5.74) is 7.57. The lowest BCUT2D eigenvalue weighted by Gasteiger charge is -2.15. The van der Waals surface area contributed by atoms with Crippen molar-refractivity contribution in [3.05, 3.63) is 62.6 Å². The Morgan fingerprint density at radius 1 is 1.00 bits per heavy atom. The van der Waals surface area contributed by atoms with E-state index in [9.17, 15) is 0 Å². The van der Waals surface area contributed by atoms with Gasteiger partial charge in [-0.15, -0.1) is 0 Å². The monoisotopic (exact) mass is 343 g/mol. The molecule has 2 aromatic rings. The third kappa shape index (κ3) is 4.27. The lowest BCUT2D eigenvalue weighted by molar-refractivity contribution is 0.303. The van der Waals surface area contributed by atoms with Crippen molar-refractivity contribution in [2.75, 3.05) is 0 Å². The highest BCUT2D eigenvalue weighted by atomic mass is 35.5. The van der Waals surface area contributed by atoms with Crippen molar-refractivity contribution in [3.8, 4) is 5.75 Å². The normalized spacial score (nSPS) is 12.2. The summed E-state index contributed by atoms with van der Waals surface area (Å²) >= 11 is 18.5. The number of hydrogen-bond donors (Lipinski definition) is 1. The maximum Gasteiger partial charge on any atom is 0.141 e. The molecule has 2 aromatic carbocycles. The van der Waals surface area contributed by atoms with Crippen LogP contribution in [0.1, 0.15) is 18.1 Å². The largest absolute Gasteiger partial charge is 0.487 e. The minimum absolute atomic E-state index is 0.0229. The molecule has 5 heteroatoms. The van der Waals surface area contributed by atoms with Crippen LogP contribution in [-0.4, -0.2) is 6.04 Å². The molecule has 0 aliphatic carbocycles. The summed E-state index contributed by atoms with van der Waals surface area (Å²) in [6.45, 7) is 2.20. The predicted molar refractivity (Wildman–Crippen MR) is 89.6 cm³/mol. The van der Waals surface area contributed by atoms with Gasteiger partial charge in [-0.3, -0.25) is 0 Å². The number of ether oxygens (including phenoxy) is 1. The fraction of sp³-hybridized carbons (Fsp3) is 0.250. The van der Waals surface area contributed by atoms with Crippen LogP contribution in [0.3, 0.4) is 0 Å². The predicted octanol–water partition coefficient (Wildman–Crippen LogP) is 5.12. The van der Waals surface area contributed by atoms with Crippen LogP contribution in [0.5, 0.6) is 5.75 Å². The second kappa shape index (κ2) is 7.37. The molecule has 21 heavy (non-hydrogen) atoms. The van der Waals surface area contributed by atoms with E-state index in [1.165, 1.54) is 0 Å². The first-order valence-corrected chi connectivity index (χ1v) is 7.71. The number of nitrogens with two attached hydrogens (primary N) is 1. The minimum Gasteiger partial charge on any atom is -0.487 e. The van der Waals surface area contributed by atoms with Crippen LogP contribution in [0.15, 0.2) is 36.4 Å². The van der Waals surface area contributed by atoms with Crippen LogP contribution in [0, 0.1) is 0 Å². The summed E-state index contributed by atoms with van der Waals surface area (Å²) in [6.07, 6.45) is 0.687. The van der Waals surface area contributed by atoms with E-state index in [4.69, 9.17) is 45.3 Å². The highest BCUT2D eigenvalue weighted by Crippen LogP contribution is 2.32. The van der Waals surface area contributed by atoms with E-state index in [2.05, 4.69) is 0 Å². The quantitative estimate of drug-likeness (QED) is 0.817. The number of benzene rings is 2. The van der Waals surface area contributed by atoms with Crippen LogP contribution in [0.2, 0.25) is 15.1 Å². The van der Waals surface area contributed by atoms with E-state index in [0.717, 1.165) is 11.1 Å². The first-order valence-electron chi connectivity index (χ1n) is 6.57. The van der Waals surface area contributed by atoms with Crippen LogP contribution in [0.25, 0.3) is 0 Å². The maximum atomic E-state index is 6.23. The van der Waals surface area contributed by atoms with Crippen molar-refractivity contribution in [1.29, 1.82) is 0 Å². The molecule has 0 aliphatic heterocycles. The Balaban J connectivity index is 2.24. The molecule has 0 spiro atoms. The second-order valence-corrected chi connectivity index (χ2v) is 6.12. The van der Waals surface area contributed by atoms with Crippen molar-refractivity contribution in [2.24, 2.45) is 5.73 Å². The van der Waals surface area contributed by atoms with Gasteiger partial charge in [0, 0.05) is 21.7 Å². The molecule has 2 N–H and O–H groups in total. The van der Waals surface area contributed by atoms with Crippen molar-refractivity contribution >= 4 is 34.8 Å². The van der Waals surface area contributed by atoms with Crippen molar-refractivity contribution in [2.45, 2.75) is 26.0 Å². The SMILES string of the molecule is CC(N)Cc1cccc(Cl)c1OCc1c(Cl)cccc1Cl. The van der Waals surface area contributed by atoms with Gasteiger partial charge >= 0.3 is 0 Å². The van der Waals surface area contributed by atoms with Gasteiger partial charge in [0.05, 0.1) is 5.02 Å². The smallest absolute Gasteiger partial charge is 0.141 e. The van der Waals surface area contributed by atoms with E-state index in [-0.39, 0.29) is 12.6 Å². The molecule has 0 amide bonds. The summed E-state index contributed by atoms with van der Waals surface area (Å²) in [5, 5.41) is 1.70. The Hall–Kier alpha value is -0.930. The topological polar surface area (TPSA) is 35.2 Å². The average molecular weight is 345 g/mol. The molecule has 0 saturated carbocycles. The van der Waals surface area contributed by atoms with Gasteiger partial charge in [0.2, 0.25) is 0 Å². The van der Waals surface area contributed by atoms with E-state index < -0.39 is 0 Å². The Labute approximate surface area is 139 Å². The van der Waals surface area contributed by atoms with Gasteiger partial charge in [-0.05, 0) is 37.1 Å². The van der Waals surface area contributed by atoms with E-state index in [0.29, 0.717) is 27.2 Å². The van der Waals surface area contributed by atoms with E-state index in [1.807, 2.05) is 19.1 Å². The van der Waals surface area contributed by atoms with E-state index >= 15 is 0 Å². The third-order valence-electron chi connectivity index (χ3n) is 3.01. The third-order valence-corrected chi connectivity index (χ3v) is 4.02. The number of para-hydroxylation sites is 1. The molecule has 0 fully saturated rings. The summed E-state index contributed by atoms with van der Waals surface area (Å²) in [4.78, 5) is 0. The van der Waals surface area contributed by atoms with Crippen molar-refractivity contribution < 1.29 is 4.74 Å². The molecular formula is C16H16Cl3NO. The first kappa shape index (κ1) is 16.4. The summed E-state index contributed by atoms with van der Waals surface area (Å²) in [6, 6.07) is 11.0. The Morgan fingerprint density at radius 2 is 1.57 bits per heavy atom. The average Bonchev–Trinajstić information content (AvgIpc) is 2.40. The van der Waals surface area contributed by atoms with Crippen LogP contribution in [-0.2, 0) is 13.0 Å². The molecule has 0 radical (unpaired) electrons. The van der Waals surface area contributed by atoms with Crippen molar-refractivity contribution in [1.82, 2.24) is 0 Å². The fourth-order valence-corrected chi connectivity index (χ4v) is 2.79. The zero-order valence-electron chi connectivity index (χ0n) is 11.6. The van der Waals surface area contributed by atoms with Gasteiger partial charge in [0.15, 0.2) is 0 Å². The minimum atomic E-state index is 0.0229. The van der Waals surface area contributed by atoms with Crippen LogP contribution < -0.4 is 10.5 Å². The van der Waals surface area contributed by atoms with Crippen LogP contribution in [0.4, 0.5) is 0 Å². The van der Waals surface area contributed by atoms with Gasteiger partial charge in [-0.1, -0.05) is 53.0 Å². The molecule has 0 bridgehead atoms. The fourth-order valence-electron chi connectivity index (χ4n) is 2.04. The summed E-state index contributed by atoms with van der Waals surface area (Å²) in [7, 11) is 0. The molecule has 1 unspecified atom stereocenters. The molecule has 112 valence electrons. The van der Waals surface area contributed by atoms with Crippen molar-refractivity contribution in [3.63, 3.8) is 0 Å². The highest BCUT2D eigenvalue weighted by Gasteiger charge is 2.12. The summed E-state index contributed by atoms with van der Waals surface area (Å²) < 4.78 is 5.86. The lowest BCUT2D eigenvalue weighted by Crippen LogP contribution is -2.18. The second-order valence-electron chi connectivity index (χ2n) is 4.90. The summed E-state index contributed by atoms with van der Waals surface area (Å²) in [5.74, 6) is 0.632. The highest BCUT2D eigenvalue weighted by molar-refractivity contribution is 6.36.